The fourth-order valence-corrected chi connectivity index (χ4v) is 6.62. The topological polar surface area (TPSA) is 12.5 Å². The van der Waals surface area contributed by atoms with E-state index < -0.39 is 11.6 Å². The van der Waals surface area contributed by atoms with Gasteiger partial charge in [0.25, 0.3) is 0 Å². The zero-order valence-electron chi connectivity index (χ0n) is 22.1. The van der Waals surface area contributed by atoms with Crippen LogP contribution in [0, 0.1) is 23.5 Å². The van der Waals surface area contributed by atoms with Crippen LogP contribution in [0.25, 0.3) is 0 Å². The van der Waals surface area contributed by atoms with Crippen LogP contribution in [-0.4, -0.2) is 6.61 Å². The minimum Gasteiger partial charge on any atom is -0.368 e. The van der Waals surface area contributed by atoms with Crippen LogP contribution < -0.4 is 0 Å². The highest BCUT2D eigenvalue weighted by molar-refractivity contribution is 5.32. The van der Waals surface area contributed by atoms with Crippen molar-refractivity contribution in [3.05, 3.63) is 95.1 Å². The Kier molecular flexibility index (Phi) is 8.92. The van der Waals surface area contributed by atoms with Crippen molar-refractivity contribution >= 4 is 0 Å². The molecule has 2 saturated carbocycles. The van der Waals surface area contributed by atoms with Gasteiger partial charge in [-0.25, -0.2) is 8.78 Å². The first-order valence-corrected chi connectivity index (χ1v) is 14.6. The molecule has 0 bridgehead atoms. The van der Waals surface area contributed by atoms with Crippen LogP contribution in [0.5, 0.6) is 0 Å². The SMILES string of the molecule is C=CCCc1ccc(C2CCC(/C=C/CCC3CCC(c4ccc(C5CO5)c(F)c4F)CC3)CC2)cc1. The second kappa shape index (κ2) is 12.5. The van der Waals surface area contributed by atoms with Crippen LogP contribution in [0.3, 0.4) is 0 Å². The molecule has 3 fully saturated rings. The van der Waals surface area contributed by atoms with Crippen molar-refractivity contribution in [2.24, 2.45) is 11.8 Å². The molecule has 1 unspecified atom stereocenters. The van der Waals surface area contributed by atoms with E-state index >= 15 is 0 Å². The Morgan fingerprint density at radius 2 is 1.43 bits per heavy atom. The van der Waals surface area contributed by atoms with Gasteiger partial charge in [-0.1, -0.05) is 54.6 Å². The third kappa shape index (κ3) is 6.79. The molecule has 2 aromatic carbocycles. The van der Waals surface area contributed by atoms with Gasteiger partial charge in [0.2, 0.25) is 0 Å². The number of hydrogen-bond acceptors (Lipinski definition) is 1. The van der Waals surface area contributed by atoms with Crippen molar-refractivity contribution in [2.75, 3.05) is 6.61 Å². The maximum atomic E-state index is 14.7. The van der Waals surface area contributed by atoms with Crippen LogP contribution in [-0.2, 0) is 11.2 Å². The summed E-state index contributed by atoms with van der Waals surface area (Å²) in [6.07, 6.45) is 20.4. The standard InChI is InChI=1S/C34H42F2O/c1-2-3-6-24-9-15-27(16-10-24)28-17-11-25(12-18-28)7-4-5-8-26-13-19-29(20-14-26)30-21-22-31(32-23-37-32)34(36)33(30)35/h2,4,7,9-10,15-16,21-22,25-26,28-29,32H,1,3,5-6,8,11-14,17-20,23H2/b7-4+. The van der Waals surface area contributed by atoms with E-state index in [1.54, 1.807) is 12.1 Å². The van der Waals surface area contributed by atoms with Gasteiger partial charge in [0.15, 0.2) is 11.6 Å². The minimum atomic E-state index is -0.696. The van der Waals surface area contributed by atoms with E-state index in [0.29, 0.717) is 29.6 Å². The van der Waals surface area contributed by atoms with Gasteiger partial charge in [0.05, 0.1) is 6.61 Å². The lowest BCUT2D eigenvalue weighted by Gasteiger charge is -2.29. The maximum absolute atomic E-state index is 14.7. The van der Waals surface area contributed by atoms with Gasteiger partial charge < -0.3 is 4.74 Å². The lowest BCUT2D eigenvalue weighted by molar-refractivity contribution is 0.305. The number of halogens is 2. The molecule has 5 rings (SSSR count). The summed E-state index contributed by atoms with van der Waals surface area (Å²) in [7, 11) is 0. The van der Waals surface area contributed by atoms with Crippen LogP contribution >= 0.6 is 0 Å². The smallest absolute Gasteiger partial charge is 0.165 e. The molecule has 1 saturated heterocycles. The first kappa shape index (κ1) is 26.4. The van der Waals surface area contributed by atoms with E-state index in [1.165, 1.54) is 43.2 Å². The number of hydrogen-bond donors (Lipinski definition) is 0. The van der Waals surface area contributed by atoms with Crippen LogP contribution in [0.1, 0.15) is 111 Å². The van der Waals surface area contributed by atoms with E-state index in [0.717, 1.165) is 50.9 Å². The minimum absolute atomic E-state index is 0.147. The number of allylic oxidation sites excluding steroid dienone is 3. The predicted octanol–water partition coefficient (Wildman–Crippen LogP) is 9.74. The van der Waals surface area contributed by atoms with Crippen molar-refractivity contribution in [1.82, 2.24) is 0 Å². The summed E-state index contributed by atoms with van der Waals surface area (Å²) >= 11 is 0. The van der Waals surface area contributed by atoms with Gasteiger partial charge in [0.1, 0.15) is 6.10 Å². The predicted molar refractivity (Wildman–Crippen MR) is 148 cm³/mol. The Hall–Kier alpha value is -2.26. The van der Waals surface area contributed by atoms with E-state index in [1.807, 2.05) is 6.08 Å². The van der Waals surface area contributed by atoms with Gasteiger partial charge in [-0.05, 0) is 117 Å². The number of rotatable bonds is 10. The molecule has 2 aromatic rings. The number of ether oxygens (including phenoxy) is 1. The average Bonchev–Trinajstić information content (AvgIpc) is 3.78. The Labute approximate surface area is 222 Å². The molecule has 3 heteroatoms. The molecule has 3 aliphatic rings. The average molecular weight is 505 g/mol. The highest BCUT2D eigenvalue weighted by Crippen LogP contribution is 2.41. The molecule has 0 spiro atoms. The van der Waals surface area contributed by atoms with Crippen molar-refractivity contribution in [1.29, 1.82) is 0 Å². The largest absolute Gasteiger partial charge is 0.368 e. The van der Waals surface area contributed by atoms with Gasteiger partial charge in [-0.3, -0.25) is 0 Å². The summed E-state index contributed by atoms with van der Waals surface area (Å²) < 4.78 is 34.3. The summed E-state index contributed by atoms with van der Waals surface area (Å²) in [6, 6.07) is 12.8. The molecular formula is C34H42F2O. The Bertz CT molecular complexity index is 1050. The zero-order valence-corrected chi connectivity index (χ0v) is 22.1. The van der Waals surface area contributed by atoms with Crippen molar-refractivity contribution in [3.8, 4) is 0 Å². The molecule has 198 valence electrons. The lowest BCUT2D eigenvalue weighted by atomic mass is 9.76. The van der Waals surface area contributed by atoms with E-state index in [-0.39, 0.29) is 12.0 Å². The van der Waals surface area contributed by atoms with Crippen LogP contribution in [0.4, 0.5) is 8.78 Å². The molecule has 0 amide bonds. The van der Waals surface area contributed by atoms with E-state index in [4.69, 9.17) is 4.74 Å². The Morgan fingerprint density at radius 3 is 2.11 bits per heavy atom. The maximum Gasteiger partial charge on any atom is 0.165 e. The Morgan fingerprint density at radius 1 is 0.784 bits per heavy atom. The fraction of sp³-hybridized carbons (Fsp3) is 0.529. The van der Waals surface area contributed by atoms with Crippen molar-refractivity contribution < 1.29 is 13.5 Å². The molecule has 0 N–H and O–H groups in total. The second-order valence-electron chi connectivity index (χ2n) is 11.6. The third-order valence-electron chi connectivity index (χ3n) is 9.12. The molecule has 0 aromatic heterocycles. The van der Waals surface area contributed by atoms with Gasteiger partial charge in [-0.15, -0.1) is 6.58 Å². The number of epoxide rings is 1. The molecule has 2 aliphatic carbocycles. The van der Waals surface area contributed by atoms with Crippen molar-refractivity contribution in [3.63, 3.8) is 0 Å². The molecule has 1 aliphatic heterocycles. The van der Waals surface area contributed by atoms with E-state index in [2.05, 4.69) is 43.0 Å². The normalized spacial score (nSPS) is 27.9. The fourth-order valence-electron chi connectivity index (χ4n) is 6.62. The van der Waals surface area contributed by atoms with E-state index in [9.17, 15) is 8.78 Å². The molecule has 1 atom stereocenters. The van der Waals surface area contributed by atoms with Gasteiger partial charge >= 0.3 is 0 Å². The summed E-state index contributed by atoms with van der Waals surface area (Å²) in [6.45, 7) is 4.32. The summed E-state index contributed by atoms with van der Waals surface area (Å²) in [5.74, 6) is 0.950. The first-order valence-electron chi connectivity index (χ1n) is 14.6. The monoisotopic (exact) mass is 504 g/mol. The summed E-state index contributed by atoms with van der Waals surface area (Å²) in [5, 5.41) is 0. The van der Waals surface area contributed by atoms with Crippen LogP contribution in [0.15, 0.2) is 61.2 Å². The quantitative estimate of drug-likeness (QED) is 0.232. The highest BCUT2D eigenvalue weighted by atomic mass is 19.2. The molecule has 1 nitrogen and oxygen atoms in total. The summed E-state index contributed by atoms with van der Waals surface area (Å²) in [4.78, 5) is 0. The third-order valence-corrected chi connectivity index (χ3v) is 9.12. The lowest BCUT2D eigenvalue weighted by Crippen LogP contribution is -2.15. The van der Waals surface area contributed by atoms with Crippen LogP contribution in [0.2, 0.25) is 0 Å². The number of aryl methyl sites for hydroxylation is 1. The van der Waals surface area contributed by atoms with Crippen molar-refractivity contribution in [2.45, 2.75) is 95.0 Å². The van der Waals surface area contributed by atoms with Gasteiger partial charge in [0, 0.05) is 5.56 Å². The first-order chi connectivity index (χ1) is 18.1. The van der Waals surface area contributed by atoms with Gasteiger partial charge in [-0.2, -0.15) is 0 Å². The zero-order chi connectivity index (χ0) is 25.6. The molecular weight excluding hydrogens is 462 g/mol. The Balaban J connectivity index is 1.00. The molecule has 37 heavy (non-hydrogen) atoms. The molecule has 1 heterocycles. The summed E-state index contributed by atoms with van der Waals surface area (Å²) in [5.41, 5.74) is 3.87. The highest BCUT2D eigenvalue weighted by Gasteiger charge is 2.32. The number of benzene rings is 2. The second-order valence-corrected chi connectivity index (χ2v) is 11.6. The molecule has 0 radical (unpaired) electrons.